The van der Waals surface area contributed by atoms with Crippen molar-refractivity contribution >= 4 is 28.2 Å². The van der Waals surface area contributed by atoms with Crippen LogP contribution in [-0.2, 0) is 0 Å². The predicted molar refractivity (Wildman–Crippen MR) is 58.1 cm³/mol. The number of rotatable bonds is 1. The average Bonchev–Trinajstić information content (AvgIpc) is 2.23. The molecule has 0 aliphatic heterocycles. The first-order valence-corrected chi connectivity index (χ1v) is 4.67. The van der Waals surface area contributed by atoms with E-state index in [1.165, 1.54) is 12.3 Å². The molecule has 15 heavy (non-hydrogen) atoms. The molecule has 0 bridgehead atoms. The van der Waals surface area contributed by atoms with Crippen molar-refractivity contribution in [3.8, 4) is 0 Å². The van der Waals surface area contributed by atoms with Gasteiger partial charge in [0.05, 0.1) is 9.95 Å². The summed E-state index contributed by atoms with van der Waals surface area (Å²) in [4.78, 5) is 14.3. The highest BCUT2D eigenvalue weighted by molar-refractivity contribution is 6.36. The maximum absolute atomic E-state index is 10.8. The summed E-state index contributed by atoms with van der Waals surface area (Å²) in [6.45, 7) is 1.74. The molecule has 0 saturated carbocycles. The van der Waals surface area contributed by atoms with Gasteiger partial charge in [0.25, 0.3) is 5.69 Å². The van der Waals surface area contributed by atoms with Crippen molar-refractivity contribution in [2.24, 2.45) is 0 Å². The molecule has 5 heteroatoms. The summed E-state index contributed by atoms with van der Waals surface area (Å²) in [6.07, 6.45) is 1.51. The Hall–Kier alpha value is -1.68. The van der Waals surface area contributed by atoms with Gasteiger partial charge in [-0.25, -0.2) is 4.98 Å². The molecular weight excluding hydrogens is 216 g/mol. The number of non-ortho nitro benzene ring substituents is 1. The van der Waals surface area contributed by atoms with Crippen molar-refractivity contribution < 1.29 is 4.92 Å². The minimum atomic E-state index is -0.446. The van der Waals surface area contributed by atoms with E-state index >= 15 is 0 Å². The van der Waals surface area contributed by atoms with Crippen molar-refractivity contribution in [1.29, 1.82) is 0 Å². The maximum atomic E-state index is 10.8. The molecule has 0 amide bonds. The highest BCUT2D eigenvalue weighted by Crippen LogP contribution is 2.32. The molecule has 4 nitrogen and oxygen atoms in total. The second-order valence-electron chi connectivity index (χ2n) is 3.18. The van der Waals surface area contributed by atoms with Gasteiger partial charge >= 0.3 is 0 Å². The summed E-state index contributed by atoms with van der Waals surface area (Å²) in [6, 6.07) is 4.87. The smallest absolute Gasteiger partial charge is 0.258 e. The van der Waals surface area contributed by atoms with Crippen LogP contribution in [0.5, 0.6) is 0 Å². The quantitative estimate of drug-likeness (QED) is 0.550. The Morgan fingerprint density at radius 1 is 1.53 bits per heavy atom. The minimum absolute atomic E-state index is 0.00694. The molecule has 0 N–H and O–H groups in total. The van der Waals surface area contributed by atoms with Crippen molar-refractivity contribution in [2.45, 2.75) is 6.92 Å². The molecule has 2 rings (SSSR count). The zero-order valence-electron chi connectivity index (χ0n) is 7.90. The van der Waals surface area contributed by atoms with Gasteiger partial charge in [0.2, 0.25) is 0 Å². The Bertz CT molecular complexity index is 554. The third kappa shape index (κ3) is 1.53. The molecule has 0 fully saturated rings. The lowest BCUT2D eigenvalue weighted by Gasteiger charge is -2.03. The number of hydrogen-bond donors (Lipinski definition) is 0. The van der Waals surface area contributed by atoms with E-state index in [-0.39, 0.29) is 5.69 Å². The van der Waals surface area contributed by atoms with Gasteiger partial charge < -0.3 is 0 Å². The molecule has 0 aliphatic rings. The highest BCUT2D eigenvalue weighted by Gasteiger charge is 2.16. The van der Waals surface area contributed by atoms with Crippen LogP contribution in [0, 0.1) is 17.0 Å². The molecular formula is C10H7ClN2O2. The van der Waals surface area contributed by atoms with Crippen molar-refractivity contribution in [1.82, 2.24) is 4.98 Å². The van der Waals surface area contributed by atoms with E-state index in [9.17, 15) is 10.1 Å². The second-order valence-corrected chi connectivity index (χ2v) is 3.56. The number of aryl methyl sites for hydroxylation is 1. The lowest BCUT2D eigenvalue weighted by molar-refractivity contribution is -0.383. The summed E-state index contributed by atoms with van der Waals surface area (Å²) >= 11 is 6.04. The number of halogens is 1. The molecule has 0 spiro atoms. The first-order valence-electron chi connectivity index (χ1n) is 4.29. The molecule has 1 aromatic heterocycles. The summed E-state index contributed by atoms with van der Waals surface area (Å²) in [5, 5.41) is 11.9. The maximum Gasteiger partial charge on any atom is 0.295 e. The molecule has 2 aromatic rings. The predicted octanol–water partition coefficient (Wildman–Crippen LogP) is 3.10. The summed E-state index contributed by atoms with van der Waals surface area (Å²) in [5.74, 6) is 0. The topological polar surface area (TPSA) is 56.0 Å². The minimum Gasteiger partial charge on any atom is -0.258 e. The van der Waals surface area contributed by atoms with Crippen LogP contribution >= 0.6 is 11.6 Å². The van der Waals surface area contributed by atoms with E-state index in [4.69, 9.17) is 11.6 Å². The fraction of sp³-hybridized carbons (Fsp3) is 0.100. The van der Waals surface area contributed by atoms with Gasteiger partial charge in [-0.15, -0.1) is 0 Å². The van der Waals surface area contributed by atoms with Gasteiger partial charge in [0.15, 0.2) is 0 Å². The van der Waals surface area contributed by atoms with Gasteiger partial charge in [-0.2, -0.15) is 0 Å². The number of nitro benzene ring substituents is 1. The number of hydrogen-bond acceptors (Lipinski definition) is 3. The van der Waals surface area contributed by atoms with E-state index in [1.54, 1.807) is 19.1 Å². The number of nitro groups is 1. The Balaban J connectivity index is 2.94. The number of aromatic nitrogens is 1. The Morgan fingerprint density at radius 3 is 2.93 bits per heavy atom. The number of nitrogens with zero attached hydrogens (tertiary/aromatic N) is 2. The van der Waals surface area contributed by atoms with Crippen LogP contribution in [0.25, 0.3) is 10.9 Å². The van der Waals surface area contributed by atoms with Crippen LogP contribution in [0.3, 0.4) is 0 Å². The fourth-order valence-corrected chi connectivity index (χ4v) is 1.68. The SMILES string of the molecule is Cc1cc([N+](=O)[O-])c2ncccc2c1Cl. The lowest BCUT2D eigenvalue weighted by Crippen LogP contribution is -1.93. The Kier molecular flexibility index (Phi) is 2.28. The number of fused-ring (bicyclic) bond motifs is 1. The molecule has 1 heterocycles. The van der Waals surface area contributed by atoms with Gasteiger partial charge in [-0.3, -0.25) is 10.1 Å². The van der Waals surface area contributed by atoms with Gasteiger partial charge in [0.1, 0.15) is 5.52 Å². The summed E-state index contributed by atoms with van der Waals surface area (Å²) in [5.41, 5.74) is 1.01. The summed E-state index contributed by atoms with van der Waals surface area (Å²) < 4.78 is 0. The van der Waals surface area contributed by atoms with Crippen LogP contribution in [-0.4, -0.2) is 9.91 Å². The molecule has 0 unspecified atom stereocenters. The molecule has 1 aromatic carbocycles. The van der Waals surface area contributed by atoms with Crippen molar-refractivity contribution in [2.75, 3.05) is 0 Å². The van der Waals surface area contributed by atoms with Crippen molar-refractivity contribution in [3.05, 3.63) is 45.1 Å². The standard InChI is InChI=1S/C10H7ClN2O2/c1-6-5-8(13(14)15)10-7(9(6)11)3-2-4-12-10/h2-5H,1H3. The van der Waals surface area contributed by atoms with E-state index in [0.717, 1.165) is 0 Å². The third-order valence-electron chi connectivity index (χ3n) is 2.18. The Morgan fingerprint density at radius 2 is 2.27 bits per heavy atom. The van der Waals surface area contributed by atoms with Crippen LogP contribution < -0.4 is 0 Å². The van der Waals surface area contributed by atoms with Crippen LogP contribution in [0.4, 0.5) is 5.69 Å². The third-order valence-corrected chi connectivity index (χ3v) is 2.68. The van der Waals surface area contributed by atoms with E-state index in [2.05, 4.69) is 4.98 Å². The first-order chi connectivity index (χ1) is 7.11. The van der Waals surface area contributed by atoms with E-state index < -0.39 is 4.92 Å². The summed E-state index contributed by atoms with van der Waals surface area (Å²) in [7, 11) is 0. The number of benzene rings is 1. The average molecular weight is 223 g/mol. The van der Waals surface area contributed by atoms with Crippen LogP contribution in [0.15, 0.2) is 24.4 Å². The Labute approximate surface area is 90.7 Å². The zero-order valence-corrected chi connectivity index (χ0v) is 8.65. The number of pyridine rings is 1. The van der Waals surface area contributed by atoms with Gasteiger partial charge in [0, 0.05) is 17.6 Å². The molecule has 0 atom stereocenters. The van der Waals surface area contributed by atoms with Crippen molar-refractivity contribution in [3.63, 3.8) is 0 Å². The van der Waals surface area contributed by atoms with Crippen LogP contribution in [0.2, 0.25) is 5.02 Å². The van der Waals surface area contributed by atoms with E-state index in [0.29, 0.717) is 21.5 Å². The molecule has 0 radical (unpaired) electrons. The van der Waals surface area contributed by atoms with E-state index in [1.807, 2.05) is 0 Å². The van der Waals surface area contributed by atoms with Gasteiger partial charge in [-0.05, 0) is 24.6 Å². The highest BCUT2D eigenvalue weighted by atomic mass is 35.5. The molecule has 0 saturated heterocycles. The molecule has 0 aliphatic carbocycles. The normalized spacial score (nSPS) is 10.5. The monoisotopic (exact) mass is 222 g/mol. The fourth-order valence-electron chi connectivity index (χ4n) is 1.47. The first kappa shape index (κ1) is 9.86. The molecule has 76 valence electrons. The zero-order chi connectivity index (χ0) is 11.0. The largest absolute Gasteiger partial charge is 0.295 e. The van der Waals surface area contributed by atoms with Crippen LogP contribution in [0.1, 0.15) is 5.56 Å². The second kappa shape index (κ2) is 3.47. The lowest BCUT2D eigenvalue weighted by atomic mass is 10.1. The van der Waals surface area contributed by atoms with Gasteiger partial charge in [-0.1, -0.05) is 11.6 Å².